The minimum Gasteiger partial charge on any atom is -0.508 e. The third kappa shape index (κ3) is 5.72. The van der Waals surface area contributed by atoms with Crippen LogP contribution >= 0.6 is 0 Å². The summed E-state index contributed by atoms with van der Waals surface area (Å²) in [5.74, 6) is -0.0104. The maximum atomic E-state index is 11.7. The molecule has 1 amide bonds. The van der Waals surface area contributed by atoms with Gasteiger partial charge in [0.2, 0.25) is 5.91 Å². The van der Waals surface area contributed by atoms with Gasteiger partial charge >= 0.3 is 0 Å². The molecule has 0 unspecified atom stereocenters. The van der Waals surface area contributed by atoms with Gasteiger partial charge in [-0.2, -0.15) is 5.10 Å². The van der Waals surface area contributed by atoms with Crippen molar-refractivity contribution in [3.63, 3.8) is 0 Å². The molecule has 0 aliphatic carbocycles. The highest BCUT2D eigenvalue weighted by Crippen LogP contribution is 2.18. The van der Waals surface area contributed by atoms with Crippen molar-refractivity contribution < 1.29 is 14.8 Å². The third-order valence-electron chi connectivity index (χ3n) is 3.64. The van der Waals surface area contributed by atoms with Crippen LogP contribution in [0.4, 0.5) is 5.69 Å². The lowest BCUT2D eigenvalue weighted by Crippen LogP contribution is -2.17. The first-order chi connectivity index (χ1) is 12.0. The number of aromatic hydroxyl groups is 1. The average molecular weight is 341 g/mol. The van der Waals surface area contributed by atoms with Crippen molar-refractivity contribution in [2.24, 2.45) is 5.10 Å². The van der Waals surface area contributed by atoms with Crippen LogP contribution in [-0.2, 0) is 11.2 Å². The van der Waals surface area contributed by atoms with Crippen LogP contribution < -0.4 is 5.43 Å². The summed E-state index contributed by atoms with van der Waals surface area (Å²) >= 11 is 0. The summed E-state index contributed by atoms with van der Waals surface area (Å²) in [4.78, 5) is 22.2. The maximum Gasteiger partial charge on any atom is 0.272 e. The van der Waals surface area contributed by atoms with E-state index in [0.717, 1.165) is 12.0 Å². The van der Waals surface area contributed by atoms with Crippen molar-refractivity contribution in [1.29, 1.82) is 0 Å². The van der Waals surface area contributed by atoms with Crippen LogP contribution in [0.1, 0.15) is 29.5 Å². The van der Waals surface area contributed by atoms with E-state index in [0.29, 0.717) is 24.0 Å². The largest absolute Gasteiger partial charge is 0.508 e. The SMILES string of the molecule is Cc1ccc(C=NNC(=O)CCCc2ccc(O)cc2)cc1[N+](=O)[O-]. The van der Waals surface area contributed by atoms with Gasteiger partial charge in [-0.1, -0.05) is 24.3 Å². The van der Waals surface area contributed by atoms with Gasteiger partial charge in [-0.3, -0.25) is 14.9 Å². The molecule has 7 heteroatoms. The fraction of sp³-hybridized carbons (Fsp3) is 0.222. The molecule has 0 heterocycles. The number of nitro groups is 1. The summed E-state index contributed by atoms with van der Waals surface area (Å²) in [6, 6.07) is 11.6. The number of phenolic OH excluding ortho intramolecular Hbond substituents is 1. The zero-order valence-electron chi connectivity index (χ0n) is 13.8. The highest BCUT2D eigenvalue weighted by atomic mass is 16.6. The lowest BCUT2D eigenvalue weighted by Gasteiger charge is -2.02. The van der Waals surface area contributed by atoms with Gasteiger partial charge in [-0.05, 0) is 37.5 Å². The normalized spacial score (nSPS) is 10.8. The Kier molecular flexibility index (Phi) is 6.22. The molecule has 2 aromatic carbocycles. The predicted molar refractivity (Wildman–Crippen MR) is 94.6 cm³/mol. The molecule has 0 fully saturated rings. The number of amides is 1. The highest BCUT2D eigenvalue weighted by Gasteiger charge is 2.10. The molecule has 0 atom stereocenters. The Morgan fingerprint density at radius 1 is 1.28 bits per heavy atom. The van der Waals surface area contributed by atoms with Gasteiger partial charge in [-0.25, -0.2) is 5.43 Å². The van der Waals surface area contributed by atoms with Gasteiger partial charge in [0, 0.05) is 23.6 Å². The number of rotatable bonds is 7. The number of hydrogen-bond acceptors (Lipinski definition) is 5. The summed E-state index contributed by atoms with van der Waals surface area (Å²) in [6.07, 6.45) is 3.07. The van der Waals surface area contributed by atoms with Crippen LogP contribution in [0.15, 0.2) is 47.6 Å². The smallest absolute Gasteiger partial charge is 0.272 e. The molecule has 0 aliphatic heterocycles. The van der Waals surface area contributed by atoms with E-state index in [4.69, 9.17) is 0 Å². The van der Waals surface area contributed by atoms with Crippen molar-refractivity contribution >= 4 is 17.8 Å². The van der Waals surface area contributed by atoms with Crippen LogP contribution in [0.3, 0.4) is 0 Å². The summed E-state index contributed by atoms with van der Waals surface area (Å²) in [6.45, 7) is 1.66. The van der Waals surface area contributed by atoms with E-state index in [2.05, 4.69) is 10.5 Å². The quantitative estimate of drug-likeness (QED) is 0.458. The molecular weight excluding hydrogens is 322 g/mol. The Morgan fingerprint density at radius 2 is 2.00 bits per heavy atom. The zero-order valence-corrected chi connectivity index (χ0v) is 13.8. The molecule has 0 saturated heterocycles. The summed E-state index contributed by atoms with van der Waals surface area (Å²) in [5, 5.41) is 23.9. The molecule has 130 valence electrons. The van der Waals surface area contributed by atoms with Crippen molar-refractivity contribution in [2.75, 3.05) is 0 Å². The predicted octanol–water partition coefficient (Wildman–Crippen LogP) is 3.08. The molecule has 2 N–H and O–H groups in total. The van der Waals surface area contributed by atoms with Gasteiger partial charge in [0.15, 0.2) is 0 Å². The van der Waals surface area contributed by atoms with Gasteiger partial charge < -0.3 is 5.11 Å². The number of phenols is 1. The Bertz CT molecular complexity index is 785. The number of aryl methyl sites for hydroxylation is 2. The number of hydrogen-bond donors (Lipinski definition) is 2. The van der Waals surface area contributed by atoms with Gasteiger partial charge in [-0.15, -0.1) is 0 Å². The minimum absolute atomic E-state index is 0.0178. The van der Waals surface area contributed by atoms with Crippen LogP contribution in [0.25, 0.3) is 0 Å². The van der Waals surface area contributed by atoms with Crippen LogP contribution in [0, 0.1) is 17.0 Å². The number of benzene rings is 2. The molecule has 2 rings (SSSR count). The molecule has 7 nitrogen and oxygen atoms in total. The average Bonchev–Trinajstić information content (AvgIpc) is 2.58. The van der Waals surface area contributed by atoms with Crippen molar-refractivity contribution in [3.8, 4) is 5.75 Å². The van der Waals surface area contributed by atoms with Crippen molar-refractivity contribution in [1.82, 2.24) is 5.43 Å². The number of nitro benzene ring substituents is 1. The number of carbonyl (C=O) groups is 1. The molecule has 0 aromatic heterocycles. The van der Waals surface area contributed by atoms with E-state index in [1.165, 1.54) is 12.3 Å². The van der Waals surface area contributed by atoms with Gasteiger partial charge in [0.25, 0.3) is 5.69 Å². The van der Waals surface area contributed by atoms with Crippen LogP contribution in [0.2, 0.25) is 0 Å². The third-order valence-corrected chi connectivity index (χ3v) is 3.64. The molecule has 0 radical (unpaired) electrons. The molecule has 0 spiro atoms. The molecular formula is C18H19N3O4. The Labute approximate surface area is 145 Å². The monoisotopic (exact) mass is 341 g/mol. The first kappa shape index (κ1) is 18.1. The Morgan fingerprint density at radius 3 is 2.68 bits per heavy atom. The summed E-state index contributed by atoms with van der Waals surface area (Å²) in [7, 11) is 0. The lowest BCUT2D eigenvalue weighted by molar-refractivity contribution is -0.385. The molecule has 0 bridgehead atoms. The second-order valence-electron chi connectivity index (χ2n) is 5.62. The zero-order chi connectivity index (χ0) is 18.2. The fourth-order valence-corrected chi connectivity index (χ4v) is 2.25. The van der Waals surface area contributed by atoms with Gasteiger partial charge in [0.1, 0.15) is 5.75 Å². The van der Waals surface area contributed by atoms with Crippen molar-refractivity contribution in [3.05, 3.63) is 69.3 Å². The maximum absolute atomic E-state index is 11.7. The van der Waals surface area contributed by atoms with Gasteiger partial charge in [0.05, 0.1) is 11.1 Å². The number of carbonyl (C=O) groups excluding carboxylic acids is 1. The van der Waals surface area contributed by atoms with Crippen molar-refractivity contribution in [2.45, 2.75) is 26.2 Å². The summed E-state index contributed by atoms with van der Waals surface area (Å²) in [5.41, 5.74) is 4.58. The number of nitrogens with zero attached hydrogens (tertiary/aromatic N) is 2. The molecule has 0 aliphatic rings. The second kappa shape index (κ2) is 8.58. The first-order valence-corrected chi connectivity index (χ1v) is 7.80. The lowest BCUT2D eigenvalue weighted by atomic mass is 10.1. The highest BCUT2D eigenvalue weighted by molar-refractivity contribution is 5.83. The van der Waals surface area contributed by atoms with Crippen LogP contribution in [0.5, 0.6) is 5.75 Å². The minimum atomic E-state index is -0.450. The summed E-state index contributed by atoms with van der Waals surface area (Å²) < 4.78 is 0. The van der Waals surface area contributed by atoms with Crippen LogP contribution in [-0.4, -0.2) is 22.2 Å². The Balaban J connectivity index is 1.79. The molecule has 25 heavy (non-hydrogen) atoms. The molecule has 0 saturated carbocycles. The Hall–Kier alpha value is -3.22. The van der Waals surface area contributed by atoms with E-state index >= 15 is 0 Å². The van der Waals surface area contributed by atoms with E-state index in [-0.39, 0.29) is 17.3 Å². The standard InChI is InChI=1S/C18H19N3O4/c1-13-5-6-15(11-17(13)21(24)25)12-19-20-18(23)4-2-3-14-7-9-16(22)10-8-14/h5-12,22H,2-4H2,1H3,(H,20,23). The number of hydrazone groups is 1. The first-order valence-electron chi connectivity index (χ1n) is 7.80. The van der Waals surface area contributed by atoms with E-state index in [1.807, 2.05) is 12.1 Å². The number of nitrogens with one attached hydrogen (secondary N) is 1. The van der Waals surface area contributed by atoms with E-state index in [1.54, 1.807) is 31.2 Å². The second-order valence-corrected chi connectivity index (χ2v) is 5.62. The van der Waals surface area contributed by atoms with E-state index in [9.17, 15) is 20.0 Å². The van der Waals surface area contributed by atoms with E-state index < -0.39 is 4.92 Å². The fourth-order valence-electron chi connectivity index (χ4n) is 2.25. The molecule has 2 aromatic rings. The topological polar surface area (TPSA) is 105 Å².